The fraction of sp³-hybridized carbons (Fsp3) is 0.647. The van der Waals surface area contributed by atoms with Crippen LogP contribution in [0.5, 0.6) is 0 Å². The summed E-state index contributed by atoms with van der Waals surface area (Å²) in [6.45, 7) is 10.6. The van der Waals surface area contributed by atoms with Crippen molar-refractivity contribution in [2.24, 2.45) is 0 Å². The van der Waals surface area contributed by atoms with Crippen molar-refractivity contribution in [1.29, 1.82) is 0 Å². The summed E-state index contributed by atoms with van der Waals surface area (Å²) >= 11 is 0. The SMILES string of the molecule is COCCN1CCN(C[C@@](C)(O)c2ccc(C)cc2)CC1. The number of methoxy groups -OCH3 is 1. The Bertz CT molecular complexity index is 423. The first-order valence-corrected chi connectivity index (χ1v) is 7.74. The van der Waals surface area contributed by atoms with E-state index >= 15 is 0 Å². The molecule has 2 rings (SSSR count). The first-order chi connectivity index (χ1) is 10.0. The van der Waals surface area contributed by atoms with Gasteiger partial charge >= 0.3 is 0 Å². The second-order valence-corrected chi connectivity index (χ2v) is 6.25. The molecule has 0 spiro atoms. The number of aliphatic hydroxyl groups is 1. The maximum Gasteiger partial charge on any atom is 0.0994 e. The number of nitrogens with zero attached hydrogens (tertiary/aromatic N) is 2. The van der Waals surface area contributed by atoms with Gasteiger partial charge in [-0.05, 0) is 19.4 Å². The summed E-state index contributed by atoms with van der Waals surface area (Å²) in [5.74, 6) is 0. The van der Waals surface area contributed by atoms with Crippen molar-refractivity contribution in [3.63, 3.8) is 0 Å². The van der Waals surface area contributed by atoms with E-state index in [4.69, 9.17) is 4.74 Å². The van der Waals surface area contributed by atoms with Crippen molar-refractivity contribution < 1.29 is 9.84 Å². The Balaban J connectivity index is 1.85. The highest BCUT2D eigenvalue weighted by Gasteiger charge is 2.28. The van der Waals surface area contributed by atoms with Crippen LogP contribution in [0.15, 0.2) is 24.3 Å². The first kappa shape index (κ1) is 16.4. The van der Waals surface area contributed by atoms with Gasteiger partial charge in [0.25, 0.3) is 0 Å². The minimum absolute atomic E-state index is 0.689. The lowest BCUT2D eigenvalue weighted by molar-refractivity contribution is -0.00180. The maximum atomic E-state index is 10.8. The molecule has 1 aliphatic heterocycles. The van der Waals surface area contributed by atoms with Gasteiger partial charge in [0, 0.05) is 46.4 Å². The molecule has 21 heavy (non-hydrogen) atoms. The minimum Gasteiger partial charge on any atom is -0.384 e. The van der Waals surface area contributed by atoms with E-state index in [0.717, 1.165) is 44.9 Å². The van der Waals surface area contributed by atoms with Crippen molar-refractivity contribution in [2.75, 3.05) is 53.0 Å². The summed E-state index contributed by atoms with van der Waals surface area (Å²) in [4.78, 5) is 4.77. The lowest BCUT2D eigenvalue weighted by atomic mass is 9.94. The number of hydrogen-bond acceptors (Lipinski definition) is 4. The van der Waals surface area contributed by atoms with Gasteiger partial charge in [-0.3, -0.25) is 9.80 Å². The lowest BCUT2D eigenvalue weighted by Gasteiger charge is -2.38. The zero-order valence-corrected chi connectivity index (χ0v) is 13.5. The number of β-amino-alcohol motifs (C(OH)–C–C–N with tert-alkyl or cyclic N) is 1. The van der Waals surface area contributed by atoms with Crippen LogP contribution >= 0.6 is 0 Å². The largest absolute Gasteiger partial charge is 0.384 e. The van der Waals surface area contributed by atoms with Gasteiger partial charge in [-0.1, -0.05) is 29.8 Å². The van der Waals surface area contributed by atoms with Gasteiger partial charge in [-0.25, -0.2) is 0 Å². The summed E-state index contributed by atoms with van der Waals surface area (Å²) in [7, 11) is 1.75. The second kappa shape index (κ2) is 7.36. The number of aryl methyl sites for hydroxylation is 1. The van der Waals surface area contributed by atoms with Crippen LogP contribution in [0.1, 0.15) is 18.1 Å². The normalized spacial score (nSPS) is 20.4. The molecule has 1 aromatic carbocycles. The molecule has 1 saturated heterocycles. The highest BCUT2D eigenvalue weighted by atomic mass is 16.5. The molecule has 1 N–H and O–H groups in total. The fourth-order valence-electron chi connectivity index (χ4n) is 2.83. The number of piperazine rings is 1. The van der Waals surface area contributed by atoms with Gasteiger partial charge < -0.3 is 9.84 Å². The zero-order valence-electron chi connectivity index (χ0n) is 13.5. The van der Waals surface area contributed by atoms with Gasteiger partial charge in [-0.2, -0.15) is 0 Å². The minimum atomic E-state index is -0.789. The van der Waals surface area contributed by atoms with Crippen molar-refractivity contribution in [1.82, 2.24) is 9.80 Å². The lowest BCUT2D eigenvalue weighted by Crippen LogP contribution is -2.50. The van der Waals surface area contributed by atoms with E-state index in [9.17, 15) is 5.11 Å². The van der Waals surface area contributed by atoms with Gasteiger partial charge in [-0.15, -0.1) is 0 Å². The van der Waals surface area contributed by atoms with Gasteiger partial charge in [0.1, 0.15) is 0 Å². The van der Waals surface area contributed by atoms with E-state index < -0.39 is 5.60 Å². The Hall–Kier alpha value is -0.940. The Morgan fingerprint density at radius 2 is 1.67 bits per heavy atom. The highest BCUT2D eigenvalue weighted by Crippen LogP contribution is 2.22. The monoisotopic (exact) mass is 292 g/mol. The molecule has 0 radical (unpaired) electrons. The van der Waals surface area contributed by atoms with Gasteiger partial charge in [0.2, 0.25) is 0 Å². The van der Waals surface area contributed by atoms with Crippen LogP contribution in [0, 0.1) is 6.92 Å². The molecule has 0 bridgehead atoms. The molecule has 118 valence electrons. The smallest absolute Gasteiger partial charge is 0.0994 e. The number of benzene rings is 1. The Kier molecular flexibility index (Phi) is 5.76. The molecule has 4 nitrogen and oxygen atoms in total. The molecule has 1 fully saturated rings. The summed E-state index contributed by atoms with van der Waals surface area (Å²) in [5, 5.41) is 10.8. The van der Waals surface area contributed by atoms with Crippen molar-refractivity contribution in [3.8, 4) is 0 Å². The van der Waals surface area contributed by atoms with Gasteiger partial charge in [0.15, 0.2) is 0 Å². The third kappa shape index (κ3) is 4.78. The molecule has 1 heterocycles. The predicted molar refractivity (Wildman–Crippen MR) is 85.5 cm³/mol. The molecule has 1 atom stereocenters. The summed E-state index contributed by atoms with van der Waals surface area (Å²) in [6.07, 6.45) is 0. The van der Waals surface area contributed by atoms with Crippen LogP contribution in [-0.4, -0.2) is 67.9 Å². The van der Waals surface area contributed by atoms with Crippen LogP contribution < -0.4 is 0 Å². The van der Waals surface area contributed by atoms with E-state index in [2.05, 4.69) is 28.9 Å². The summed E-state index contributed by atoms with van der Waals surface area (Å²) < 4.78 is 5.12. The topological polar surface area (TPSA) is 35.9 Å². The van der Waals surface area contributed by atoms with E-state index in [1.807, 2.05) is 19.1 Å². The van der Waals surface area contributed by atoms with E-state index in [-0.39, 0.29) is 0 Å². The highest BCUT2D eigenvalue weighted by molar-refractivity contribution is 5.26. The van der Waals surface area contributed by atoms with Crippen molar-refractivity contribution in [3.05, 3.63) is 35.4 Å². The fourth-order valence-corrected chi connectivity index (χ4v) is 2.83. The first-order valence-electron chi connectivity index (χ1n) is 7.74. The third-order valence-corrected chi connectivity index (χ3v) is 4.28. The average molecular weight is 292 g/mol. The Labute approximate surface area is 128 Å². The number of ether oxygens (including phenoxy) is 1. The van der Waals surface area contributed by atoms with Crippen LogP contribution in [0.2, 0.25) is 0 Å². The average Bonchev–Trinajstić information content (AvgIpc) is 2.47. The third-order valence-electron chi connectivity index (χ3n) is 4.28. The van der Waals surface area contributed by atoms with Crippen LogP contribution in [0.3, 0.4) is 0 Å². The van der Waals surface area contributed by atoms with Crippen LogP contribution in [0.4, 0.5) is 0 Å². The molecule has 0 aromatic heterocycles. The molecular weight excluding hydrogens is 264 g/mol. The molecule has 0 aliphatic carbocycles. The van der Waals surface area contributed by atoms with Crippen molar-refractivity contribution in [2.45, 2.75) is 19.4 Å². The summed E-state index contributed by atoms with van der Waals surface area (Å²) in [5.41, 5.74) is 1.43. The van der Waals surface area contributed by atoms with E-state index in [1.165, 1.54) is 5.56 Å². The number of hydrogen-bond donors (Lipinski definition) is 1. The van der Waals surface area contributed by atoms with Crippen molar-refractivity contribution >= 4 is 0 Å². The Morgan fingerprint density at radius 3 is 2.24 bits per heavy atom. The quantitative estimate of drug-likeness (QED) is 0.861. The van der Waals surface area contributed by atoms with Crippen LogP contribution in [-0.2, 0) is 10.3 Å². The molecular formula is C17H28N2O2. The molecule has 0 amide bonds. The summed E-state index contributed by atoms with van der Waals surface area (Å²) in [6, 6.07) is 8.19. The van der Waals surface area contributed by atoms with E-state index in [1.54, 1.807) is 7.11 Å². The maximum absolute atomic E-state index is 10.8. The zero-order chi connectivity index (χ0) is 15.3. The van der Waals surface area contributed by atoms with Gasteiger partial charge in [0.05, 0.1) is 12.2 Å². The standard InChI is InChI=1S/C17H28N2O2/c1-15-4-6-16(7-5-15)17(2,20)14-19-10-8-18(9-11-19)12-13-21-3/h4-7,20H,8-14H2,1-3H3/t17-/m1/s1. The molecule has 1 aliphatic rings. The molecule has 0 unspecified atom stereocenters. The predicted octanol–water partition coefficient (Wildman–Crippen LogP) is 1.47. The van der Waals surface area contributed by atoms with Crippen LogP contribution in [0.25, 0.3) is 0 Å². The second-order valence-electron chi connectivity index (χ2n) is 6.25. The molecule has 0 saturated carbocycles. The Morgan fingerprint density at radius 1 is 1.10 bits per heavy atom. The number of rotatable bonds is 6. The molecule has 1 aromatic rings. The molecule has 4 heteroatoms. The van der Waals surface area contributed by atoms with E-state index in [0.29, 0.717) is 6.54 Å².